The van der Waals surface area contributed by atoms with Crippen molar-refractivity contribution in [3.63, 3.8) is 0 Å². The van der Waals surface area contributed by atoms with Crippen molar-refractivity contribution in [3.8, 4) is 11.5 Å². The molecule has 5 heteroatoms. The van der Waals surface area contributed by atoms with E-state index in [-0.39, 0.29) is 5.78 Å². The zero-order chi connectivity index (χ0) is 14.7. The van der Waals surface area contributed by atoms with E-state index in [1.807, 2.05) is 6.07 Å². The molecule has 0 spiro atoms. The smallest absolute Gasteiger partial charge is 0.196 e. The molecule has 104 valence electrons. The zero-order valence-electron chi connectivity index (χ0n) is 10.9. The summed E-state index contributed by atoms with van der Waals surface area (Å²) in [6.45, 7) is 0. The van der Waals surface area contributed by atoms with Crippen molar-refractivity contribution in [3.05, 3.63) is 56.5 Å². The summed E-state index contributed by atoms with van der Waals surface area (Å²) in [5.74, 6) is 1.01. The highest BCUT2D eigenvalue weighted by molar-refractivity contribution is 9.11. The monoisotopic (exact) mass is 398 g/mol. The number of rotatable bonds is 4. The van der Waals surface area contributed by atoms with Crippen molar-refractivity contribution in [1.29, 1.82) is 0 Å². The van der Waals surface area contributed by atoms with Gasteiger partial charge in [0.25, 0.3) is 0 Å². The average Bonchev–Trinajstić information content (AvgIpc) is 2.44. The van der Waals surface area contributed by atoms with Crippen LogP contribution in [0.3, 0.4) is 0 Å². The zero-order valence-corrected chi connectivity index (χ0v) is 14.1. The van der Waals surface area contributed by atoms with Gasteiger partial charge in [-0.15, -0.1) is 0 Å². The van der Waals surface area contributed by atoms with Crippen molar-refractivity contribution in [1.82, 2.24) is 0 Å². The molecule has 0 saturated carbocycles. The molecule has 0 aliphatic rings. The van der Waals surface area contributed by atoms with E-state index in [2.05, 4.69) is 31.9 Å². The molecule has 0 heterocycles. The van der Waals surface area contributed by atoms with Crippen LogP contribution in [0.15, 0.2) is 45.3 Å². The topological polar surface area (TPSA) is 35.5 Å². The second-order valence-electron chi connectivity index (χ2n) is 4.05. The van der Waals surface area contributed by atoms with E-state index in [9.17, 15) is 4.79 Å². The van der Waals surface area contributed by atoms with Crippen LogP contribution in [0, 0.1) is 0 Å². The molecule has 0 amide bonds. The van der Waals surface area contributed by atoms with Crippen molar-refractivity contribution < 1.29 is 14.3 Å². The molecule has 0 aromatic heterocycles. The van der Waals surface area contributed by atoms with Gasteiger partial charge in [-0.25, -0.2) is 0 Å². The van der Waals surface area contributed by atoms with Crippen molar-refractivity contribution in [2.24, 2.45) is 0 Å². The molecular weight excluding hydrogens is 388 g/mol. The minimum absolute atomic E-state index is 0.122. The van der Waals surface area contributed by atoms with E-state index in [1.54, 1.807) is 37.4 Å². The predicted molar refractivity (Wildman–Crippen MR) is 84.8 cm³/mol. The Kier molecular flexibility index (Phi) is 4.83. The van der Waals surface area contributed by atoms with Gasteiger partial charge in [-0.1, -0.05) is 31.9 Å². The standard InChI is InChI=1S/C15H12Br2O3/c1-19-12-3-4-14(20-2)13(8-12)15(18)9-5-10(16)7-11(17)6-9/h3-8H,1-2H3. The molecule has 20 heavy (non-hydrogen) atoms. The van der Waals surface area contributed by atoms with Gasteiger partial charge < -0.3 is 9.47 Å². The lowest BCUT2D eigenvalue weighted by molar-refractivity contribution is 0.103. The van der Waals surface area contributed by atoms with E-state index in [0.717, 1.165) is 8.95 Å². The second kappa shape index (κ2) is 6.41. The highest BCUT2D eigenvalue weighted by Gasteiger charge is 2.16. The molecule has 2 aromatic rings. The SMILES string of the molecule is COc1ccc(OC)c(C(=O)c2cc(Br)cc(Br)c2)c1. The molecule has 3 nitrogen and oxygen atoms in total. The summed E-state index contributed by atoms with van der Waals surface area (Å²) < 4.78 is 12.1. The van der Waals surface area contributed by atoms with Crippen molar-refractivity contribution >= 4 is 37.6 Å². The summed E-state index contributed by atoms with van der Waals surface area (Å²) in [6, 6.07) is 10.6. The van der Waals surface area contributed by atoms with Crippen LogP contribution in [0.2, 0.25) is 0 Å². The highest BCUT2D eigenvalue weighted by atomic mass is 79.9. The fraction of sp³-hybridized carbons (Fsp3) is 0.133. The van der Waals surface area contributed by atoms with E-state index in [0.29, 0.717) is 22.6 Å². The Morgan fingerprint density at radius 3 is 2.15 bits per heavy atom. The molecule has 0 fully saturated rings. The number of methoxy groups -OCH3 is 2. The van der Waals surface area contributed by atoms with Gasteiger partial charge in [-0.3, -0.25) is 4.79 Å². The Morgan fingerprint density at radius 2 is 1.60 bits per heavy atom. The Hall–Kier alpha value is -1.33. The summed E-state index contributed by atoms with van der Waals surface area (Å²) in [6.07, 6.45) is 0. The molecule has 0 saturated heterocycles. The minimum atomic E-state index is -0.122. The number of halogens is 2. The maximum Gasteiger partial charge on any atom is 0.196 e. The second-order valence-corrected chi connectivity index (χ2v) is 5.88. The number of ether oxygens (including phenoxy) is 2. The fourth-order valence-electron chi connectivity index (χ4n) is 1.83. The van der Waals surface area contributed by atoms with Gasteiger partial charge in [-0.2, -0.15) is 0 Å². The van der Waals surface area contributed by atoms with E-state index < -0.39 is 0 Å². The van der Waals surface area contributed by atoms with E-state index in [4.69, 9.17) is 9.47 Å². The van der Waals surface area contributed by atoms with Crippen LogP contribution in [-0.4, -0.2) is 20.0 Å². The summed E-state index contributed by atoms with van der Waals surface area (Å²) in [5.41, 5.74) is 1.04. The third-order valence-corrected chi connectivity index (χ3v) is 3.69. The third-order valence-electron chi connectivity index (χ3n) is 2.78. The van der Waals surface area contributed by atoms with Crippen LogP contribution < -0.4 is 9.47 Å². The predicted octanol–water partition coefficient (Wildman–Crippen LogP) is 4.46. The van der Waals surface area contributed by atoms with E-state index >= 15 is 0 Å². The quantitative estimate of drug-likeness (QED) is 0.712. The molecule has 0 aliphatic carbocycles. The Bertz CT molecular complexity index is 633. The van der Waals surface area contributed by atoms with Crippen LogP contribution in [0.1, 0.15) is 15.9 Å². The maximum atomic E-state index is 12.6. The summed E-state index contributed by atoms with van der Waals surface area (Å²) >= 11 is 6.76. The summed E-state index contributed by atoms with van der Waals surface area (Å²) in [4.78, 5) is 12.6. The lowest BCUT2D eigenvalue weighted by Gasteiger charge is -2.10. The van der Waals surface area contributed by atoms with Crippen LogP contribution in [0.5, 0.6) is 11.5 Å². The van der Waals surface area contributed by atoms with Gasteiger partial charge in [0.15, 0.2) is 5.78 Å². The lowest BCUT2D eigenvalue weighted by atomic mass is 10.0. The van der Waals surface area contributed by atoms with Crippen LogP contribution in [0.25, 0.3) is 0 Å². The first-order valence-electron chi connectivity index (χ1n) is 5.78. The van der Waals surface area contributed by atoms with Crippen LogP contribution in [0.4, 0.5) is 0 Å². The van der Waals surface area contributed by atoms with Crippen molar-refractivity contribution in [2.45, 2.75) is 0 Å². The average molecular weight is 400 g/mol. The molecule has 0 atom stereocenters. The lowest BCUT2D eigenvalue weighted by Crippen LogP contribution is -2.04. The molecular formula is C15H12Br2O3. The minimum Gasteiger partial charge on any atom is -0.497 e. The van der Waals surface area contributed by atoms with Gasteiger partial charge in [0, 0.05) is 14.5 Å². The van der Waals surface area contributed by atoms with Gasteiger partial charge in [0.1, 0.15) is 11.5 Å². The summed E-state index contributed by atoms with van der Waals surface area (Å²) in [5, 5.41) is 0. The largest absolute Gasteiger partial charge is 0.497 e. The number of carbonyl (C=O) groups excluding carboxylic acids is 1. The van der Waals surface area contributed by atoms with Crippen molar-refractivity contribution in [2.75, 3.05) is 14.2 Å². The number of hydrogen-bond acceptors (Lipinski definition) is 3. The molecule has 0 radical (unpaired) electrons. The Morgan fingerprint density at radius 1 is 0.950 bits per heavy atom. The third kappa shape index (κ3) is 3.22. The van der Waals surface area contributed by atoms with Gasteiger partial charge >= 0.3 is 0 Å². The molecule has 0 bridgehead atoms. The Labute approximate surface area is 134 Å². The highest BCUT2D eigenvalue weighted by Crippen LogP contribution is 2.28. The molecule has 0 aliphatic heterocycles. The summed E-state index contributed by atoms with van der Waals surface area (Å²) in [7, 11) is 3.10. The number of ketones is 1. The first-order valence-corrected chi connectivity index (χ1v) is 7.36. The number of hydrogen-bond donors (Lipinski definition) is 0. The maximum absolute atomic E-state index is 12.6. The normalized spacial score (nSPS) is 10.2. The number of benzene rings is 2. The number of carbonyl (C=O) groups is 1. The van der Waals surface area contributed by atoms with E-state index in [1.165, 1.54) is 7.11 Å². The first-order chi connectivity index (χ1) is 9.55. The fourth-order valence-corrected chi connectivity index (χ4v) is 3.13. The van der Waals surface area contributed by atoms with Crippen LogP contribution in [-0.2, 0) is 0 Å². The van der Waals surface area contributed by atoms with Gasteiger partial charge in [0.2, 0.25) is 0 Å². The Balaban J connectivity index is 2.51. The molecule has 0 unspecified atom stereocenters. The van der Waals surface area contributed by atoms with Crippen LogP contribution >= 0.6 is 31.9 Å². The van der Waals surface area contributed by atoms with Gasteiger partial charge in [-0.05, 0) is 36.4 Å². The van der Waals surface area contributed by atoms with Gasteiger partial charge in [0.05, 0.1) is 19.8 Å². The molecule has 0 N–H and O–H groups in total. The molecule has 2 rings (SSSR count). The first kappa shape index (κ1) is 15.1. The molecule has 2 aromatic carbocycles.